The normalized spacial score (nSPS) is 12.8. The second kappa shape index (κ2) is 12.1. The maximum absolute atomic E-state index is 9.72. The van der Waals surface area contributed by atoms with E-state index in [1.807, 2.05) is 0 Å². The minimum absolute atomic E-state index is 0.0582. The molecule has 0 heterocycles. The molecular formula is C14H34N2O6+2. The zero-order valence-electron chi connectivity index (χ0n) is 14.7. The molecule has 22 heavy (non-hydrogen) atoms. The number of quaternary nitrogens is 2. The highest BCUT2D eigenvalue weighted by Gasteiger charge is 2.28. The molecule has 0 aliphatic heterocycles. The third-order valence-electron chi connectivity index (χ3n) is 3.75. The number of hydrogen-bond acceptors (Lipinski definition) is 6. The lowest BCUT2D eigenvalue weighted by molar-refractivity contribution is -1.36. The quantitative estimate of drug-likeness (QED) is 0.215. The predicted molar refractivity (Wildman–Crippen MR) is 79.7 cm³/mol. The van der Waals surface area contributed by atoms with Crippen LogP contribution in [0.1, 0.15) is 38.5 Å². The van der Waals surface area contributed by atoms with E-state index in [-0.39, 0.29) is 4.81 Å². The highest BCUT2D eigenvalue weighted by atomic mass is 17.2. The molecule has 0 aromatic heterocycles. The second-order valence-electron chi connectivity index (χ2n) is 5.17. The number of nitrogens with zero attached hydrogens (tertiary/aromatic N) is 2. The molecule has 0 radical (unpaired) electrons. The Bertz CT molecular complexity index is 260. The summed E-state index contributed by atoms with van der Waals surface area (Å²) in [5, 5.41) is 9.72. The van der Waals surface area contributed by atoms with Gasteiger partial charge in [-0.05, 0) is 17.7 Å². The zero-order chi connectivity index (χ0) is 16.9. The van der Waals surface area contributed by atoms with E-state index in [0.29, 0.717) is 13.3 Å². The molecule has 0 aromatic rings. The molecule has 0 fully saturated rings. The molecule has 134 valence electrons. The first kappa shape index (κ1) is 21.7. The molecule has 0 aliphatic rings. The van der Waals surface area contributed by atoms with Crippen LogP contribution in [-0.2, 0) is 24.1 Å². The molecule has 0 amide bonds. The highest BCUT2D eigenvalue weighted by molar-refractivity contribution is 4.44. The van der Waals surface area contributed by atoms with Crippen LogP contribution in [0.5, 0.6) is 0 Å². The Hall–Kier alpha value is -0.320. The summed E-state index contributed by atoms with van der Waals surface area (Å²) in [6.07, 6.45) is 6.21. The number of unbranched alkanes of at least 4 members (excludes halogenated alkanes) is 5. The minimum Gasteiger partial charge on any atom is -0.330 e. The topological polar surface area (TPSA) is 66.4 Å². The molecular weight excluding hydrogens is 292 g/mol. The zero-order valence-corrected chi connectivity index (χ0v) is 14.7. The van der Waals surface area contributed by atoms with Gasteiger partial charge in [-0.3, -0.25) is 0 Å². The highest BCUT2D eigenvalue weighted by Crippen LogP contribution is 2.14. The summed E-state index contributed by atoms with van der Waals surface area (Å²) < 4.78 is 5.13. The van der Waals surface area contributed by atoms with Gasteiger partial charge in [-0.1, -0.05) is 12.8 Å². The number of ether oxygens (including phenoxy) is 1. The molecule has 0 atom stereocenters. The van der Waals surface area contributed by atoms with Crippen LogP contribution in [-0.4, -0.2) is 70.4 Å². The van der Waals surface area contributed by atoms with Crippen LogP contribution in [0.3, 0.4) is 0 Å². The number of hydroxylamine groups is 7. The largest absolute Gasteiger partial charge is 0.330 e. The van der Waals surface area contributed by atoms with Crippen molar-refractivity contribution >= 4 is 0 Å². The third kappa shape index (κ3) is 8.35. The van der Waals surface area contributed by atoms with Gasteiger partial charge >= 0.3 is 0 Å². The van der Waals surface area contributed by atoms with Gasteiger partial charge in [-0.15, -0.1) is 14.9 Å². The molecule has 8 heteroatoms. The predicted octanol–water partition coefficient (Wildman–Crippen LogP) is 2.20. The smallest absolute Gasteiger partial charge is 0.245 e. The lowest BCUT2D eigenvalue weighted by atomic mass is 10.1. The van der Waals surface area contributed by atoms with Gasteiger partial charge in [0, 0.05) is 20.0 Å². The number of methoxy groups -OCH3 is 1. The van der Waals surface area contributed by atoms with Crippen LogP contribution in [0.2, 0.25) is 0 Å². The van der Waals surface area contributed by atoms with Gasteiger partial charge in [-0.25, -0.2) is 0 Å². The van der Waals surface area contributed by atoms with Crippen molar-refractivity contribution in [2.24, 2.45) is 0 Å². The molecule has 8 nitrogen and oxygen atoms in total. The fourth-order valence-corrected chi connectivity index (χ4v) is 2.25. The Morgan fingerprint density at radius 3 is 1.50 bits per heavy atom. The van der Waals surface area contributed by atoms with Crippen molar-refractivity contribution in [1.82, 2.24) is 0 Å². The van der Waals surface area contributed by atoms with Crippen molar-refractivity contribution in [3.8, 4) is 0 Å². The Morgan fingerprint density at radius 2 is 1.09 bits per heavy atom. The van der Waals surface area contributed by atoms with E-state index in [2.05, 4.69) is 0 Å². The van der Waals surface area contributed by atoms with Crippen LogP contribution in [0.4, 0.5) is 0 Å². The first-order valence-corrected chi connectivity index (χ1v) is 7.71. The molecule has 0 unspecified atom stereocenters. The Kier molecular flexibility index (Phi) is 12.0. The van der Waals surface area contributed by atoms with Gasteiger partial charge in [-0.2, -0.15) is 9.68 Å². The molecule has 1 N–H and O–H groups in total. The first-order chi connectivity index (χ1) is 10.5. The Labute approximate surface area is 134 Å². The molecule has 0 aliphatic carbocycles. The third-order valence-corrected chi connectivity index (χ3v) is 3.75. The van der Waals surface area contributed by atoms with Gasteiger partial charge in [0.15, 0.2) is 6.54 Å². The van der Waals surface area contributed by atoms with E-state index in [1.54, 1.807) is 21.3 Å². The first-order valence-electron chi connectivity index (χ1n) is 7.71. The van der Waals surface area contributed by atoms with Crippen LogP contribution in [0, 0.1) is 0 Å². The van der Waals surface area contributed by atoms with Crippen LogP contribution in [0.25, 0.3) is 0 Å². The molecule has 0 saturated carbocycles. The molecule has 0 aromatic carbocycles. The molecule has 0 bridgehead atoms. The summed E-state index contributed by atoms with van der Waals surface area (Å²) in [5.41, 5.74) is 0. The van der Waals surface area contributed by atoms with Crippen molar-refractivity contribution in [2.75, 3.05) is 55.4 Å². The van der Waals surface area contributed by atoms with Gasteiger partial charge in [0.1, 0.15) is 20.8 Å². The SMILES string of the molecule is COC[N+](CCCCCCCC[N+](O)(OC)OC)(OC)OC. The van der Waals surface area contributed by atoms with Gasteiger partial charge in [0.2, 0.25) is 6.73 Å². The average Bonchev–Trinajstić information content (AvgIpc) is 2.56. The maximum atomic E-state index is 9.72. The van der Waals surface area contributed by atoms with Crippen molar-refractivity contribution < 1.29 is 39.1 Å². The average molecular weight is 326 g/mol. The van der Waals surface area contributed by atoms with E-state index in [9.17, 15) is 5.21 Å². The molecule has 0 spiro atoms. The van der Waals surface area contributed by atoms with E-state index >= 15 is 0 Å². The van der Waals surface area contributed by atoms with E-state index in [4.69, 9.17) is 24.1 Å². The van der Waals surface area contributed by atoms with Crippen LogP contribution >= 0.6 is 0 Å². The van der Waals surface area contributed by atoms with Gasteiger partial charge in [0.05, 0.1) is 19.2 Å². The van der Waals surface area contributed by atoms with Crippen LogP contribution < -0.4 is 0 Å². The van der Waals surface area contributed by atoms with E-state index in [0.717, 1.165) is 45.1 Å². The van der Waals surface area contributed by atoms with Crippen molar-refractivity contribution in [2.45, 2.75) is 38.5 Å². The van der Waals surface area contributed by atoms with Crippen molar-refractivity contribution in [3.05, 3.63) is 0 Å². The van der Waals surface area contributed by atoms with Crippen molar-refractivity contribution in [1.29, 1.82) is 0 Å². The van der Waals surface area contributed by atoms with E-state index < -0.39 is 4.97 Å². The van der Waals surface area contributed by atoms with Crippen molar-refractivity contribution in [3.63, 3.8) is 0 Å². The maximum Gasteiger partial charge on any atom is 0.245 e. The summed E-state index contributed by atoms with van der Waals surface area (Å²) in [6, 6.07) is 0. The summed E-state index contributed by atoms with van der Waals surface area (Å²) >= 11 is 0. The number of rotatable bonds is 15. The van der Waals surface area contributed by atoms with Crippen LogP contribution in [0.15, 0.2) is 0 Å². The Morgan fingerprint density at radius 1 is 0.636 bits per heavy atom. The van der Waals surface area contributed by atoms with Gasteiger partial charge < -0.3 is 4.74 Å². The van der Waals surface area contributed by atoms with Gasteiger partial charge in [0.25, 0.3) is 0 Å². The standard InChI is InChI=1S/C14H34N2O6/c1-18-14-15(19-2,20-3)12-10-8-6-7-9-11-13-16(17,21-4)22-5/h17H,6-14H2,1-5H3/q+2. The minimum atomic E-state index is -0.793. The lowest BCUT2D eigenvalue weighted by Crippen LogP contribution is -2.47. The lowest BCUT2D eigenvalue weighted by Gasteiger charge is -2.28. The second-order valence-corrected chi connectivity index (χ2v) is 5.17. The molecule has 0 rings (SSSR count). The summed E-state index contributed by atoms with van der Waals surface area (Å²) in [6.45, 7) is 1.55. The fraction of sp³-hybridized carbons (Fsp3) is 1.00. The Balaban J connectivity index is 3.69. The summed E-state index contributed by atoms with van der Waals surface area (Å²) in [5.74, 6) is 0. The summed E-state index contributed by atoms with van der Waals surface area (Å²) in [7, 11) is 7.70. The monoisotopic (exact) mass is 326 g/mol. The summed E-state index contributed by atoms with van der Waals surface area (Å²) in [4.78, 5) is 19.7. The number of hydrogen-bond donors (Lipinski definition) is 1. The van der Waals surface area contributed by atoms with E-state index in [1.165, 1.54) is 14.2 Å². The fourth-order valence-electron chi connectivity index (χ4n) is 2.25. The molecule has 0 saturated heterocycles.